The highest BCUT2D eigenvalue weighted by Crippen LogP contribution is 2.41. The van der Waals surface area contributed by atoms with E-state index in [9.17, 15) is 23.9 Å². The number of benzene rings is 1. The van der Waals surface area contributed by atoms with E-state index in [-0.39, 0.29) is 17.9 Å². The molecule has 0 spiro atoms. The molecule has 168 valence electrons. The van der Waals surface area contributed by atoms with Crippen molar-refractivity contribution in [3.05, 3.63) is 53.3 Å². The third kappa shape index (κ3) is 3.95. The van der Waals surface area contributed by atoms with E-state index in [2.05, 4.69) is 10.3 Å². The summed E-state index contributed by atoms with van der Waals surface area (Å²) in [5.41, 5.74) is 2.10. The summed E-state index contributed by atoms with van der Waals surface area (Å²) in [4.78, 5) is 42.0. The first-order chi connectivity index (χ1) is 15.1. The van der Waals surface area contributed by atoms with Crippen molar-refractivity contribution in [3.63, 3.8) is 0 Å². The molecule has 3 unspecified atom stereocenters. The summed E-state index contributed by atoms with van der Waals surface area (Å²) in [5.74, 6) is -2.24. The highest BCUT2D eigenvalue weighted by atomic mass is 19.2. The fourth-order valence-corrected chi connectivity index (χ4v) is 3.95. The van der Waals surface area contributed by atoms with E-state index >= 15 is 0 Å². The van der Waals surface area contributed by atoms with Crippen LogP contribution in [0.1, 0.15) is 36.7 Å². The number of fused-ring (bicyclic) bond motifs is 1. The monoisotopic (exact) mass is 443 g/mol. The predicted octanol–water partition coefficient (Wildman–Crippen LogP) is 2.73. The van der Waals surface area contributed by atoms with Gasteiger partial charge in [-0.15, -0.1) is 0 Å². The summed E-state index contributed by atoms with van der Waals surface area (Å²) < 4.78 is 23.9. The van der Waals surface area contributed by atoms with Gasteiger partial charge in [-0.25, -0.2) is 14.5 Å². The van der Waals surface area contributed by atoms with Crippen molar-refractivity contribution < 1.29 is 33.4 Å². The summed E-state index contributed by atoms with van der Waals surface area (Å²) in [6.45, 7) is 4.58. The van der Waals surface area contributed by atoms with Crippen molar-refractivity contribution in [1.82, 2.24) is 15.2 Å². The highest BCUT2D eigenvalue weighted by molar-refractivity contribution is 6.07. The van der Waals surface area contributed by atoms with E-state index < -0.39 is 42.0 Å². The van der Waals surface area contributed by atoms with Crippen LogP contribution in [0.3, 0.4) is 0 Å². The molecule has 2 N–H and O–H groups in total. The first kappa shape index (κ1) is 21.5. The number of aromatic nitrogens is 1. The number of imide groups is 1. The standard InChI is InChI=1S/C22H22FN3O6/c1-11-8-13(6-7-24-11)9-15-18(20(28)29)26(19(15)27)21(30)25-12(2)14-4-5-16-17(10-14)32-22(3,23)31-16/h4-8,10,12,15,18H,9H2,1-3H3,(H,25,30)(H,28,29)/t12?,15-,18?,22?/m1/s1. The van der Waals surface area contributed by atoms with Gasteiger partial charge in [-0.05, 0) is 55.7 Å². The van der Waals surface area contributed by atoms with Gasteiger partial charge in [-0.1, -0.05) is 6.07 Å². The third-order valence-electron chi connectivity index (χ3n) is 5.49. The van der Waals surface area contributed by atoms with Gasteiger partial charge < -0.3 is 19.9 Å². The van der Waals surface area contributed by atoms with Crippen molar-refractivity contribution in [2.45, 2.75) is 45.3 Å². The minimum Gasteiger partial charge on any atom is -0.480 e. The lowest BCUT2D eigenvalue weighted by Gasteiger charge is -2.43. The first-order valence-electron chi connectivity index (χ1n) is 10.0. The Morgan fingerprint density at radius 2 is 2.00 bits per heavy atom. The zero-order chi connectivity index (χ0) is 23.2. The number of ether oxygens (including phenoxy) is 2. The fourth-order valence-electron chi connectivity index (χ4n) is 3.95. The molecule has 32 heavy (non-hydrogen) atoms. The van der Waals surface area contributed by atoms with E-state index in [1.54, 1.807) is 38.2 Å². The molecule has 3 heterocycles. The molecule has 0 aliphatic carbocycles. The number of carboxylic acid groups (broad SMARTS) is 1. The zero-order valence-corrected chi connectivity index (χ0v) is 17.7. The Labute approximate surface area is 183 Å². The number of amides is 3. The van der Waals surface area contributed by atoms with Gasteiger partial charge in [0.2, 0.25) is 5.91 Å². The number of rotatable bonds is 5. The van der Waals surface area contributed by atoms with Crippen LogP contribution in [0.15, 0.2) is 36.5 Å². The number of nitrogens with one attached hydrogen (secondary N) is 1. The first-order valence-corrected chi connectivity index (χ1v) is 10.0. The quantitative estimate of drug-likeness (QED) is 0.682. The summed E-state index contributed by atoms with van der Waals surface area (Å²) in [6.07, 6.45) is 1.79. The molecular formula is C22H22FN3O6. The van der Waals surface area contributed by atoms with Crippen LogP contribution in [0, 0.1) is 12.8 Å². The van der Waals surface area contributed by atoms with Crippen LogP contribution in [0.4, 0.5) is 9.18 Å². The predicted molar refractivity (Wildman–Crippen MR) is 109 cm³/mol. The average molecular weight is 443 g/mol. The summed E-state index contributed by atoms with van der Waals surface area (Å²) in [5, 5.41) is 12.2. The van der Waals surface area contributed by atoms with Crippen LogP contribution in [-0.4, -0.2) is 45.0 Å². The SMILES string of the molecule is Cc1cc(C[C@H]2C(=O)N(C(=O)NC(C)c3ccc4c(c3)OC(C)(F)O4)C2C(=O)O)ccn1. The number of aliphatic carboxylic acids is 1. The van der Waals surface area contributed by atoms with E-state index in [4.69, 9.17) is 9.47 Å². The molecule has 2 aliphatic rings. The van der Waals surface area contributed by atoms with Gasteiger partial charge in [-0.2, -0.15) is 4.39 Å². The molecule has 2 aromatic rings. The van der Waals surface area contributed by atoms with Crippen LogP contribution < -0.4 is 14.8 Å². The molecule has 1 aromatic heterocycles. The molecule has 0 saturated carbocycles. The lowest BCUT2D eigenvalue weighted by atomic mass is 9.82. The van der Waals surface area contributed by atoms with Crippen LogP contribution >= 0.6 is 0 Å². The smallest absolute Gasteiger partial charge is 0.404 e. The lowest BCUT2D eigenvalue weighted by molar-refractivity contribution is -0.173. The van der Waals surface area contributed by atoms with Crippen LogP contribution in [0.25, 0.3) is 0 Å². The largest absolute Gasteiger partial charge is 0.480 e. The molecule has 0 bridgehead atoms. The maximum atomic E-state index is 13.9. The number of hydrogen-bond donors (Lipinski definition) is 2. The average Bonchev–Trinajstić information content (AvgIpc) is 3.02. The van der Waals surface area contributed by atoms with Crippen LogP contribution in [0.5, 0.6) is 11.5 Å². The van der Waals surface area contributed by atoms with Gasteiger partial charge >= 0.3 is 18.0 Å². The van der Waals surface area contributed by atoms with Crippen LogP contribution in [-0.2, 0) is 16.0 Å². The van der Waals surface area contributed by atoms with Gasteiger partial charge in [0.15, 0.2) is 17.5 Å². The number of nitrogens with zero attached hydrogens (tertiary/aromatic N) is 2. The Morgan fingerprint density at radius 3 is 2.69 bits per heavy atom. The van der Waals surface area contributed by atoms with Crippen LogP contribution in [0.2, 0.25) is 0 Å². The van der Waals surface area contributed by atoms with Crippen molar-refractivity contribution in [1.29, 1.82) is 0 Å². The highest BCUT2D eigenvalue weighted by Gasteiger charge is 2.54. The maximum Gasteiger partial charge on any atom is 0.404 e. The number of carbonyl (C=O) groups excluding carboxylic acids is 2. The normalized spacial score (nSPS) is 24.6. The van der Waals surface area contributed by atoms with Gasteiger partial charge in [0, 0.05) is 18.8 Å². The summed E-state index contributed by atoms with van der Waals surface area (Å²) in [6, 6.07) is 3.19. The molecule has 2 aliphatic heterocycles. The summed E-state index contributed by atoms with van der Waals surface area (Å²) >= 11 is 0. The van der Waals surface area contributed by atoms with Gasteiger partial charge in [0.1, 0.15) is 0 Å². The van der Waals surface area contributed by atoms with Gasteiger partial charge in [-0.3, -0.25) is 9.78 Å². The van der Waals surface area contributed by atoms with E-state index in [0.717, 1.165) is 23.1 Å². The molecule has 0 radical (unpaired) electrons. The molecule has 1 saturated heterocycles. The second kappa shape index (κ2) is 7.77. The number of β-lactam (4-membered cyclic amide) rings is 1. The number of hydrogen-bond acceptors (Lipinski definition) is 6. The topological polar surface area (TPSA) is 118 Å². The summed E-state index contributed by atoms with van der Waals surface area (Å²) in [7, 11) is 0. The molecule has 4 rings (SSSR count). The van der Waals surface area contributed by atoms with Crippen molar-refractivity contribution in [2.75, 3.05) is 0 Å². The Balaban J connectivity index is 1.45. The zero-order valence-electron chi connectivity index (χ0n) is 17.7. The minimum atomic E-state index is -2.27. The van der Waals surface area contributed by atoms with Gasteiger partial charge in [0.25, 0.3) is 0 Å². The Morgan fingerprint density at radius 1 is 1.28 bits per heavy atom. The second-order valence-electron chi connectivity index (χ2n) is 8.02. The molecule has 4 atom stereocenters. The number of pyridine rings is 1. The molecule has 1 fully saturated rings. The van der Waals surface area contributed by atoms with Crippen molar-refractivity contribution >= 4 is 17.9 Å². The number of carboxylic acids is 1. The number of carbonyl (C=O) groups is 3. The number of likely N-dealkylation sites (tertiary alicyclic amines) is 1. The Bertz CT molecular complexity index is 1100. The Hall–Kier alpha value is -3.69. The van der Waals surface area contributed by atoms with Gasteiger partial charge in [0.05, 0.1) is 12.0 Å². The molecule has 3 amide bonds. The number of halogens is 1. The molecule has 10 heteroatoms. The number of urea groups is 1. The second-order valence-corrected chi connectivity index (χ2v) is 8.02. The number of aryl methyl sites for hydroxylation is 1. The third-order valence-corrected chi connectivity index (χ3v) is 5.49. The fraction of sp³-hybridized carbons (Fsp3) is 0.364. The maximum absolute atomic E-state index is 13.9. The minimum absolute atomic E-state index is 0.185. The lowest BCUT2D eigenvalue weighted by Crippen LogP contribution is -2.68. The number of alkyl halides is 1. The van der Waals surface area contributed by atoms with E-state index in [1.807, 2.05) is 0 Å². The van der Waals surface area contributed by atoms with E-state index in [0.29, 0.717) is 5.56 Å². The van der Waals surface area contributed by atoms with Crippen molar-refractivity contribution in [2.24, 2.45) is 5.92 Å². The Kier molecular flexibility index (Phi) is 5.23. The molecule has 1 aromatic carbocycles. The molecular weight excluding hydrogens is 421 g/mol. The molecule has 9 nitrogen and oxygen atoms in total. The van der Waals surface area contributed by atoms with E-state index in [1.165, 1.54) is 12.1 Å². The van der Waals surface area contributed by atoms with Crippen molar-refractivity contribution in [3.8, 4) is 11.5 Å².